The lowest BCUT2D eigenvalue weighted by Crippen LogP contribution is -2.49. The van der Waals surface area contributed by atoms with Crippen LogP contribution in [0.15, 0.2) is 34.1 Å². The molecule has 1 saturated heterocycles. The molecule has 0 radical (unpaired) electrons. The molecule has 0 saturated carbocycles. The van der Waals surface area contributed by atoms with Crippen LogP contribution in [0, 0.1) is 0 Å². The molecule has 0 bridgehead atoms. The third-order valence-corrected chi connectivity index (χ3v) is 7.28. The summed E-state index contributed by atoms with van der Waals surface area (Å²) in [5.41, 5.74) is 0. The number of carbonyl (C=O) groups is 1. The normalized spacial score (nSPS) is 15.4. The topological polar surface area (TPSA) is 65.7 Å². The van der Waals surface area contributed by atoms with Crippen LogP contribution < -0.4 is 0 Å². The Bertz CT molecular complexity index is 966. The van der Waals surface area contributed by atoms with Gasteiger partial charge in [-0.25, -0.2) is 0 Å². The molecule has 3 aromatic rings. The molecule has 7 nitrogen and oxygen atoms in total. The van der Waals surface area contributed by atoms with E-state index < -0.39 is 0 Å². The summed E-state index contributed by atoms with van der Waals surface area (Å²) in [5, 5.41) is 10.2. The Morgan fingerprint density at radius 3 is 2.68 bits per heavy atom. The summed E-state index contributed by atoms with van der Waals surface area (Å²) in [5.74, 6) is 1.10. The van der Waals surface area contributed by atoms with Crippen LogP contribution in [-0.2, 0) is 17.9 Å². The molecule has 10 heteroatoms. The number of hydrogen-bond donors (Lipinski definition) is 0. The molecule has 0 N–H and O–H groups in total. The molecule has 31 heavy (non-hydrogen) atoms. The molecule has 0 atom stereocenters. The molecular formula is C21H26ClN5O2S2. The van der Waals surface area contributed by atoms with E-state index >= 15 is 0 Å². The first-order valence-electron chi connectivity index (χ1n) is 10.4. The number of rotatable bonds is 9. The van der Waals surface area contributed by atoms with Gasteiger partial charge in [0.05, 0.1) is 22.3 Å². The van der Waals surface area contributed by atoms with Crippen molar-refractivity contribution in [3.63, 3.8) is 0 Å². The van der Waals surface area contributed by atoms with Gasteiger partial charge in [0.2, 0.25) is 11.8 Å². The van der Waals surface area contributed by atoms with Crippen molar-refractivity contribution in [2.24, 2.45) is 0 Å². The second kappa shape index (κ2) is 10.7. The molecular weight excluding hydrogens is 454 g/mol. The van der Waals surface area contributed by atoms with Gasteiger partial charge >= 0.3 is 0 Å². The van der Waals surface area contributed by atoms with Gasteiger partial charge in [0.1, 0.15) is 0 Å². The summed E-state index contributed by atoms with van der Waals surface area (Å²) in [6.45, 7) is 8.10. The van der Waals surface area contributed by atoms with Crippen LogP contribution in [0.1, 0.15) is 24.1 Å². The fraction of sp³-hybridized carbons (Fsp3) is 0.476. The zero-order chi connectivity index (χ0) is 21.6. The standard InChI is InChI=1S/C21H26ClN5O2S2/c1-2-7-27(14-19-23-24-21(29-19)17-4-3-12-30-17)20(28)15-26-10-8-25(9-11-26)13-16-5-6-18(22)31-16/h3-6,12H,2,7-11,13-15H2,1H3. The summed E-state index contributed by atoms with van der Waals surface area (Å²) in [7, 11) is 0. The van der Waals surface area contributed by atoms with Crippen molar-refractivity contribution in [3.8, 4) is 10.8 Å². The molecule has 1 fully saturated rings. The maximum atomic E-state index is 13.0. The zero-order valence-corrected chi connectivity index (χ0v) is 19.9. The minimum atomic E-state index is 0.108. The minimum Gasteiger partial charge on any atom is -0.418 e. The first-order valence-corrected chi connectivity index (χ1v) is 12.5. The molecule has 0 aromatic carbocycles. The van der Waals surface area contributed by atoms with Crippen LogP contribution in [-0.4, -0.2) is 70.1 Å². The summed E-state index contributed by atoms with van der Waals surface area (Å²) in [4.78, 5) is 21.7. The molecule has 1 aliphatic heterocycles. The molecule has 4 rings (SSSR count). The van der Waals surface area contributed by atoms with Gasteiger partial charge in [0.25, 0.3) is 5.89 Å². The molecule has 1 aliphatic rings. The van der Waals surface area contributed by atoms with Crippen molar-refractivity contribution in [1.82, 2.24) is 24.9 Å². The van der Waals surface area contributed by atoms with Gasteiger partial charge in [0, 0.05) is 44.1 Å². The number of piperazine rings is 1. The van der Waals surface area contributed by atoms with E-state index in [4.69, 9.17) is 16.0 Å². The molecule has 1 amide bonds. The summed E-state index contributed by atoms with van der Waals surface area (Å²) >= 11 is 9.22. The van der Waals surface area contributed by atoms with E-state index in [9.17, 15) is 4.79 Å². The first-order chi connectivity index (χ1) is 15.1. The highest BCUT2D eigenvalue weighted by Crippen LogP contribution is 2.24. The van der Waals surface area contributed by atoms with Crippen LogP contribution in [0.5, 0.6) is 0 Å². The number of aromatic nitrogens is 2. The van der Waals surface area contributed by atoms with E-state index in [2.05, 4.69) is 33.0 Å². The average molecular weight is 480 g/mol. The van der Waals surface area contributed by atoms with E-state index in [-0.39, 0.29) is 5.91 Å². The quantitative estimate of drug-likeness (QED) is 0.461. The first kappa shape index (κ1) is 22.4. The highest BCUT2D eigenvalue weighted by molar-refractivity contribution is 7.16. The third kappa shape index (κ3) is 6.14. The van der Waals surface area contributed by atoms with Gasteiger partial charge in [-0.1, -0.05) is 24.6 Å². The van der Waals surface area contributed by atoms with Crippen LogP contribution in [0.3, 0.4) is 0 Å². The van der Waals surface area contributed by atoms with Crippen molar-refractivity contribution in [2.75, 3.05) is 39.3 Å². The second-order valence-corrected chi connectivity index (χ2v) is 10.3. The van der Waals surface area contributed by atoms with Crippen LogP contribution >= 0.6 is 34.3 Å². The number of thiophene rings is 2. The van der Waals surface area contributed by atoms with Crippen molar-refractivity contribution in [1.29, 1.82) is 0 Å². The Balaban J connectivity index is 1.28. The van der Waals surface area contributed by atoms with E-state index in [1.807, 2.05) is 28.5 Å². The fourth-order valence-electron chi connectivity index (χ4n) is 3.60. The number of hydrogen-bond acceptors (Lipinski definition) is 8. The second-order valence-electron chi connectivity index (χ2n) is 7.55. The predicted octanol–water partition coefficient (Wildman–Crippen LogP) is 4.07. The lowest BCUT2D eigenvalue weighted by atomic mass is 10.3. The van der Waals surface area contributed by atoms with Crippen LogP contribution in [0.4, 0.5) is 0 Å². The van der Waals surface area contributed by atoms with Gasteiger partial charge in [0.15, 0.2) is 0 Å². The third-order valence-electron chi connectivity index (χ3n) is 5.20. The number of amides is 1. The molecule has 166 valence electrons. The van der Waals surface area contributed by atoms with E-state index in [1.54, 1.807) is 22.7 Å². The van der Waals surface area contributed by atoms with Gasteiger partial charge in [-0.2, -0.15) is 0 Å². The fourth-order valence-corrected chi connectivity index (χ4v) is 5.37. The molecule has 3 aromatic heterocycles. The summed E-state index contributed by atoms with van der Waals surface area (Å²) in [6, 6.07) is 7.94. The van der Waals surface area contributed by atoms with Gasteiger partial charge in [-0.15, -0.1) is 32.9 Å². The maximum absolute atomic E-state index is 13.0. The Hall–Kier alpha value is -1.78. The number of carbonyl (C=O) groups excluding carboxylic acids is 1. The van der Waals surface area contributed by atoms with Gasteiger partial charge in [-0.05, 0) is 30.0 Å². The van der Waals surface area contributed by atoms with E-state index in [1.165, 1.54) is 4.88 Å². The van der Waals surface area contributed by atoms with E-state index in [0.29, 0.717) is 31.4 Å². The molecule has 0 aliphatic carbocycles. The molecule has 4 heterocycles. The molecule has 0 unspecified atom stereocenters. The van der Waals surface area contributed by atoms with Crippen LogP contribution in [0.25, 0.3) is 10.8 Å². The lowest BCUT2D eigenvalue weighted by Gasteiger charge is -2.35. The SMILES string of the molecule is CCCN(Cc1nnc(-c2cccs2)o1)C(=O)CN1CCN(Cc2ccc(Cl)s2)CC1. The van der Waals surface area contributed by atoms with Crippen molar-refractivity contribution in [2.45, 2.75) is 26.4 Å². The highest BCUT2D eigenvalue weighted by atomic mass is 35.5. The monoisotopic (exact) mass is 479 g/mol. The Morgan fingerprint density at radius 1 is 1.19 bits per heavy atom. The Kier molecular flexibility index (Phi) is 7.73. The van der Waals surface area contributed by atoms with E-state index in [0.717, 1.165) is 48.4 Å². The largest absolute Gasteiger partial charge is 0.418 e. The smallest absolute Gasteiger partial charge is 0.257 e. The Labute approximate surface area is 195 Å². The van der Waals surface area contributed by atoms with Gasteiger partial charge < -0.3 is 9.32 Å². The Morgan fingerprint density at radius 2 is 2.00 bits per heavy atom. The molecule has 0 spiro atoms. The average Bonchev–Trinajstić information content (AvgIpc) is 3.51. The number of halogens is 1. The number of nitrogens with zero attached hydrogens (tertiary/aromatic N) is 5. The summed E-state index contributed by atoms with van der Waals surface area (Å²) < 4.78 is 6.62. The van der Waals surface area contributed by atoms with Crippen molar-refractivity contribution >= 4 is 40.2 Å². The summed E-state index contributed by atoms with van der Waals surface area (Å²) in [6.07, 6.45) is 0.884. The highest BCUT2D eigenvalue weighted by Gasteiger charge is 2.23. The minimum absolute atomic E-state index is 0.108. The lowest BCUT2D eigenvalue weighted by molar-refractivity contribution is -0.133. The van der Waals surface area contributed by atoms with Crippen molar-refractivity contribution in [3.05, 3.63) is 44.7 Å². The predicted molar refractivity (Wildman–Crippen MR) is 124 cm³/mol. The van der Waals surface area contributed by atoms with Gasteiger partial charge in [-0.3, -0.25) is 14.6 Å². The maximum Gasteiger partial charge on any atom is 0.257 e. The zero-order valence-electron chi connectivity index (χ0n) is 17.5. The van der Waals surface area contributed by atoms with Crippen LogP contribution in [0.2, 0.25) is 4.34 Å². The van der Waals surface area contributed by atoms with Crippen molar-refractivity contribution < 1.29 is 9.21 Å².